The van der Waals surface area contributed by atoms with Gasteiger partial charge in [0.25, 0.3) is 0 Å². The summed E-state index contributed by atoms with van der Waals surface area (Å²) in [6, 6.07) is 0. The lowest BCUT2D eigenvalue weighted by atomic mass is 10.2. The van der Waals surface area contributed by atoms with Gasteiger partial charge in [-0.05, 0) is 26.7 Å². The Balaban J connectivity index is 2.05. The molecule has 0 radical (unpaired) electrons. The smallest absolute Gasteiger partial charge is 0.157 e. The van der Waals surface area contributed by atoms with Gasteiger partial charge >= 0.3 is 0 Å². The van der Waals surface area contributed by atoms with E-state index in [0.29, 0.717) is 11.5 Å². The average molecular weight is 265 g/mol. The zero-order valence-corrected chi connectivity index (χ0v) is 11.7. The second-order valence-corrected chi connectivity index (χ2v) is 4.65. The van der Waals surface area contributed by atoms with Gasteiger partial charge in [-0.25, -0.2) is 9.97 Å². The normalized spacial score (nSPS) is 18.5. The average Bonchev–Trinajstić information content (AvgIpc) is 2.94. The first-order valence-corrected chi connectivity index (χ1v) is 6.97. The van der Waals surface area contributed by atoms with E-state index in [1.165, 1.54) is 0 Å². The highest BCUT2D eigenvalue weighted by molar-refractivity contribution is 5.74. The molecule has 106 valence electrons. The maximum atomic E-state index is 6.15. The maximum absolute atomic E-state index is 6.15. The third-order valence-electron chi connectivity index (χ3n) is 3.45. The van der Waals surface area contributed by atoms with Crippen LogP contribution in [0, 0.1) is 0 Å². The molecule has 1 aromatic rings. The molecule has 0 amide bonds. The molecule has 0 aromatic carbocycles. The molecule has 1 unspecified atom stereocenters. The molecule has 0 bridgehead atoms. The Kier molecular flexibility index (Phi) is 4.79. The molecule has 3 N–H and O–H groups in total. The number of aromatic nitrogens is 2. The van der Waals surface area contributed by atoms with Gasteiger partial charge in [0, 0.05) is 26.2 Å². The standard InChI is InChI=1S/C13H23N5O/c1-3-18(4-2)13-11(14)12(16-9-17-13)15-8-10-6-5-7-19-10/h9-10H,3-8,14H2,1-2H3,(H,15,16,17). The molecule has 1 fully saturated rings. The van der Waals surface area contributed by atoms with Crippen molar-refractivity contribution in [3.05, 3.63) is 6.33 Å². The molecule has 0 saturated carbocycles. The van der Waals surface area contributed by atoms with Crippen LogP contribution in [-0.2, 0) is 4.74 Å². The summed E-state index contributed by atoms with van der Waals surface area (Å²) in [5, 5.41) is 3.27. The number of nitrogens with zero attached hydrogens (tertiary/aromatic N) is 3. The first-order valence-electron chi connectivity index (χ1n) is 6.97. The van der Waals surface area contributed by atoms with Gasteiger partial charge in [0.05, 0.1) is 6.10 Å². The fourth-order valence-electron chi connectivity index (χ4n) is 2.32. The van der Waals surface area contributed by atoms with Crippen LogP contribution in [0.3, 0.4) is 0 Å². The van der Waals surface area contributed by atoms with E-state index in [0.717, 1.165) is 44.9 Å². The third-order valence-corrected chi connectivity index (χ3v) is 3.45. The van der Waals surface area contributed by atoms with Crippen molar-refractivity contribution in [3.63, 3.8) is 0 Å². The number of ether oxygens (including phenoxy) is 1. The van der Waals surface area contributed by atoms with Gasteiger partial charge < -0.3 is 20.7 Å². The van der Waals surface area contributed by atoms with Gasteiger partial charge in [-0.15, -0.1) is 0 Å². The van der Waals surface area contributed by atoms with Gasteiger partial charge in [-0.3, -0.25) is 0 Å². The maximum Gasteiger partial charge on any atom is 0.157 e. The molecular formula is C13H23N5O. The van der Waals surface area contributed by atoms with E-state index in [1.807, 2.05) is 0 Å². The predicted molar refractivity (Wildman–Crippen MR) is 77.5 cm³/mol. The molecule has 19 heavy (non-hydrogen) atoms. The molecule has 2 rings (SSSR count). The Bertz CT molecular complexity index is 402. The zero-order valence-electron chi connectivity index (χ0n) is 11.7. The monoisotopic (exact) mass is 265 g/mol. The first-order chi connectivity index (χ1) is 9.26. The van der Waals surface area contributed by atoms with Crippen LogP contribution in [0.15, 0.2) is 6.33 Å². The van der Waals surface area contributed by atoms with Crippen LogP contribution in [-0.4, -0.2) is 42.3 Å². The Labute approximate surface area is 114 Å². The number of nitrogens with one attached hydrogen (secondary N) is 1. The third kappa shape index (κ3) is 3.26. The van der Waals surface area contributed by atoms with Crippen LogP contribution in [0.4, 0.5) is 17.3 Å². The molecule has 1 aliphatic heterocycles. The summed E-state index contributed by atoms with van der Waals surface area (Å²) in [7, 11) is 0. The van der Waals surface area contributed by atoms with Crippen molar-refractivity contribution in [2.45, 2.75) is 32.8 Å². The lowest BCUT2D eigenvalue weighted by molar-refractivity contribution is 0.120. The number of hydrogen-bond acceptors (Lipinski definition) is 6. The van der Waals surface area contributed by atoms with E-state index in [4.69, 9.17) is 10.5 Å². The van der Waals surface area contributed by atoms with Crippen LogP contribution >= 0.6 is 0 Å². The van der Waals surface area contributed by atoms with E-state index >= 15 is 0 Å². The Morgan fingerprint density at radius 2 is 2.21 bits per heavy atom. The van der Waals surface area contributed by atoms with Crippen molar-refractivity contribution in [1.29, 1.82) is 0 Å². The van der Waals surface area contributed by atoms with Gasteiger partial charge in [-0.2, -0.15) is 0 Å². The highest BCUT2D eigenvalue weighted by Gasteiger charge is 2.17. The minimum Gasteiger partial charge on any atom is -0.393 e. The minimum atomic E-state index is 0.270. The van der Waals surface area contributed by atoms with Crippen molar-refractivity contribution in [1.82, 2.24) is 9.97 Å². The summed E-state index contributed by atoms with van der Waals surface area (Å²) < 4.78 is 5.58. The van der Waals surface area contributed by atoms with Gasteiger partial charge in [0.2, 0.25) is 0 Å². The second kappa shape index (κ2) is 6.56. The Morgan fingerprint density at radius 3 is 2.84 bits per heavy atom. The highest BCUT2D eigenvalue weighted by atomic mass is 16.5. The SMILES string of the molecule is CCN(CC)c1ncnc(NCC2CCCO2)c1N. The molecule has 1 aliphatic rings. The summed E-state index contributed by atoms with van der Waals surface area (Å²) in [6.07, 6.45) is 4.06. The van der Waals surface area contributed by atoms with Gasteiger partial charge in [0.15, 0.2) is 11.6 Å². The second-order valence-electron chi connectivity index (χ2n) is 4.65. The lowest BCUT2D eigenvalue weighted by Gasteiger charge is -2.22. The van der Waals surface area contributed by atoms with Crippen LogP contribution in [0.1, 0.15) is 26.7 Å². The summed E-state index contributed by atoms with van der Waals surface area (Å²) in [6.45, 7) is 7.54. The number of rotatable bonds is 6. The molecule has 2 heterocycles. The molecule has 1 aromatic heterocycles. The lowest BCUT2D eigenvalue weighted by Crippen LogP contribution is -2.25. The summed E-state index contributed by atoms with van der Waals surface area (Å²) in [4.78, 5) is 10.6. The summed E-state index contributed by atoms with van der Waals surface area (Å²) in [5.74, 6) is 1.50. The Morgan fingerprint density at radius 1 is 1.42 bits per heavy atom. The largest absolute Gasteiger partial charge is 0.393 e. The summed E-state index contributed by atoms with van der Waals surface area (Å²) >= 11 is 0. The molecule has 1 saturated heterocycles. The fraction of sp³-hybridized carbons (Fsp3) is 0.692. The van der Waals surface area contributed by atoms with Crippen LogP contribution in [0.25, 0.3) is 0 Å². The van der Waals surface area contributed by atoms with E-state index in [1.54, 1.807) is 6.33 Å². The quantitative estimate of drug-likeness (QED) is 0.811. The zero-order chi connectivity index (χ0) is 13.7. The van der Waals surface area contributed by atoms with E-state index in [-0.39, 0.29) is 6.10 Å². The summed E-state index contributed by atoms with van der Waals surface area (Å²) in [5.41, 5.74) is 6.77. The Hall–Kier alpha value is -1.56. The van der Waals surface area contributed by atoms with Crippen molar-refractivity contribution in [3.8, 4) is 0 Å². The van der Waals surface area contributed by atoms with Crippen LogP contribution in [0.2, 0.25) is 0 Å². The van der Waals surface area contributed by atoms with E-state index < -0.39 is 0 Å². The number of hydrogen-bond donors (Lipinski definition) is 2. The topological polar surface area (TPSA) is 76.3 Å². The molecule has 1 atom stereocenters. The first kappa shape index (κ1) is 13.9. The fourth-order valence-corrected chi connectivity index (χ4v) is 2.32. The van der Waals surface area contributed by atoms with Crippen molar-refractivity contribution < 1.29 is 4.74 Å². The number of anilines is 3. The van der Waals surface area contributed by atoms with Crippen molar-refractivity contribution in [2.24, 2.45) is 0 Å². The van der Waals surface area contributed by atoms with Gasteiger partial charge in [0.1, 0.15) is 12.0 Å². The number of nitrogen functional groups attached to an aromatic ring is 1. The van der Waals surface area contributed by atoms with Crippen LogP contribution < -0.4 is 16.0 Å². The molecule has 6 nitrogen and oxygen atoms in total. The van der Waals surface area contributed by atoms with E-state index in [2.05, 4.69) is 34.0 Å². The highest BCUT2D eigenvalue weighted by Crippen LogP contribution is 2.26. The van der Waals surface area contributed by atoms with Crippen LogP contribution in [0.5, 0.6) is 0 Å². The molecular weight excluding hydrogens is 242 g/mol. The van der Waals surface area contributed by atoms with Crippen molar-refractivity contribution in [2.75, 3.05) is 42.2 Å². The minimum absolute atomic E-state index is 0.270. The van der Waals surface area contributed by atoms with Gasteiger partial charge in [-0.1, -0.05) is 0 Å². The number of nitrogens with two attached hydrogens (primary N) is 1. The molecule has 0 aliphatic carbocycles. The predicted octanol–water partition coefficient (Wildman–Crippen LogP) is 1.50. The van der Waals surface area contributed by atoms with E-state index in [9.17, 15) is 0 Å². The molecule has 0 spiro atoms. The molecule has 6 heteroatoms. The van der Waals surface area contributed by atoms with Crippen molar-refractivity contribution >= 4 is 17.3 Å².